The van der Waals surface area contributed by atoms with E-state index in [9.17, 15) is 0 Å². The Bertz CT molecular complexity index is 241. The van der Waals surface area contributed by atoms with Gasteiger partial charge in [-0.1, -0.05) is 104 Å². The number of unbranched alkanes of at least 4 members (excludes halogenated alkanes) is 15. The van der Waals surface area contributed by atoms with Crippen LogP contribution >= 0.6 is 0 Å². The van der Waals surface area contributed by atoms with Crippen molar-refractivity contribution >= 4 is 0 Å². The molecule has 0 aromatic carbocycles. The molecule has 1 nitrogen and oxygen atoms in total. The van der Waals surface area contributed by atoms with E-state index in [1.165, 1.54) is 140 Å². The molecule has 0 spiro atoms. The van der Waals surface area contributed by atoms with E-state index in [1.807, 2.05) is 0 Å². The topological polar surface area (TPSA) is 0 Å². The third kappa shape index (κ3) is 17.4. The fraction of sp³-hybridized carbons (Fsp3) is 1.00. The molecule has 158 valence electrons. The van der Waals surface area contributed by atoms with Crippen molar-refractivity contribution in [3.05, 3.63) is 0 Å². The lowest BCUT2D eigenvalue weighted by Crippen LogP contribution is -2.46. The maximum Gasteiger partial charge on any atom is 0.0784 e. The van der Waals surface area contributed by atoms with E-state index in [4.69, 9.17) is 0 Å². The van der Waals surface area contributed by atoms with Crippen molar-refractivity contribution in [3.8, 4) is 0 Å². The molecule has 26 heavy (non-hydrogen) atoms. The maximum absolute atomic E-state index is 2.54. The molecule has 0 atom stereocenters. The normalized spacial score (nSPS) is 12.0. The van der Waals surface area contributed by atoms with Gasteiger partial charge in [-0.3, -0.25) is 0 Å². The monoisotopic (exact) mass is 368 g/mol. The zero-order valence-electron chi connectivity index (χ0n) is 19.3. The summed E-state index contributed by atoms with van der Waals surface area (Å²) in [5.41, 5.74) is 0. The Kier molecular flexibility index (Phi) is 19.7. The molecule has 0 aromatic heterocycles. The van der Waals surface area contributed by atoms with Gasteiger partial charge in [0.15, 0.2) is 0 Å². The van der Waals surface area contributed by atoms with Gasteiger partial charge in [0, 0.05) is 0 Å². The second-order valence-corrected chi connectivity index (χ2v) is 9.09. The zero-order valence-corrected chi connectivity index (χ0v) is 19.3. The number of hydrogen-bond donors (Lipinski definition) is 0. The minimum Gasteiger partial charge on any atom is -0.326 e. The van der Waals surface area contributed by atoms with Gasteiger partial charge >= 0.3 is 0 Å². The van der Waals surface area contributed by atoms with E-state index < -0.39 is 0 Å². The van der Waals surface area contributed by atoms with Crippen molar-refractivity contribution in [1.29, 1.82) is 0 Å². The molecule has 0 radical (unpaired) electrons. The number of hydrogen-bond acceptors (Lipinski definition) is 0. The molecule has 0 fully saturated rings. The first-order chi connectivity index (χ1) is 12.7. The standard InChI is InChI=1S/C25H54N/c1-5-8-11-13-15-17-19-21-24-26(4,23-10-7-3)25-22-20-18-16-14-12-9-6-2/h5-25H2,1-4H3/q+1. The Balaban J connectivity index is 3.78. The van der Waals surface area contributed by atoms with Crippen LogP contribution in [0, 0.1) is 0 Å². The molecule has 0 unspecified atom stereocenters. The molecule has 0 heterocycles. The lowest BCUT2D eigenvalue weighted by atomic mass is 10.1. The van der Waals surface area contributed by atoms with E-state index in [0.29, 0.717) is 0 Å². The Morgan fingerprint density at radius 3 is 0.962 bits per heavy atom. The van der Waals surface area contributed by atoms with Gasteiger partial charge in [-0.25, -0.2) is 0 Å². The highest BCUT2D eigenvalue weighted by Crippen LogP contribution is 2.15. The summed E-state index contributed by atoms with van der Waals surface area (Å²) in [5.74, 6) is 0. The molecule has 0 saturated carbocycles. The van der Waals surface area contributed by atoms with Crippen molar-refractivity contribution in [2.75, 3.05) is 26.7 Å². The van der Waals surface area contributed by atoms with Gasteiger partial charge in [-0.15, -0.1) is 0 Å². The summed E-state index contributed by atoms with van der Waals surface area (Å²) >= 11 is 0. The third-order valence-electron chi connectivity index (χ3n) is 6.15. The van der Waals surface area contributed by atoms with Gasteiger partial charge in [-0.05, 0) is 32.1 Å². The molecule has 0 bridgehead atoms. The molecular formula is C25H54N+. The molecule has 0 aliphatic heterocycles. The molecule has 1 heteroatoms. The maximum atomic E-state index is 2.54. The highest BCUT2D eigenvalue weighted by Gasteiger charge is 2.19. The van der Waals surface area contributed by atoms with E-state index in [1.54, 1.807) is 0 Å². The first-order valence-electron chi connectivity index (χ1n) is 12.5. The van der Waals surface area contributed by atoms with Crippen LogP contribution in [-0.2, 0) is 0 Å². The van der Waals surface area contributed by atoms with Crippen molar-refractivity contribution in [1.82, 2.24) is 0 Å². The second-order valence-electron chi connectivity index (χ2n) is 9.09. The highest BCUT2D eigenvalue weighted by atomic mass is 15.3. The smallest absolute Gasteiger partial charge is 0.0784 e. The van der Waals surface area contributed by atoms with Crippen LogP contribution in [0.1, 0.15) is 136 Å². The average molecular weight is 369 g/mol. The average Bonchev–Trinajstić information content (AvgIpc) is 2.64. The van der Waals surface area contributed by atoms with Crippen molar-refractivity contribution in [2.24, 2.45) is 0 Å². The molecule has 0 rings (SSSR count). The van der Waals surface area contributed by atoms with Crippen LogP contribution in [0.2, 0.25) is 0 Å². The minimum atomic E-state index is 1.35. The predicted molar refractivity (Wildman–Crippen MR) is 121 cm³/mol. The molecule has 0 N–H and O–H groups in total. The lowest BCUT2D eigenvalue weighted by molar-refractivity contribution is -0.910. The molecule has 0 amide bonds. The van der Waals surface area contributed by atoms with Crippen LogP contribution in [0.5, 0.6) is 0 Å². The minimum absolute atomic E-state index is 1.35. The second kappa shape index (κ2) is 19.7. The third-order valence-corrected chi connectivity index (χ3v) is 6.15. The van der Waals surface area contributed by atoms with Gasteiger partial charge < -0.3 is 4.48 Å². The van der Waals surface area contributed by atoms with Crippen LogP contribution < -0.4 is 0 Å². The summed E-state index contributed by atoms with van der Waals surface area (Å²) in [6.45, 7) is 11.2. The molecule has 0 aliphatic rings. The number of quaternary nitrogens is 1. The Labute approximate surface area is 167 Å². The van der Waals surface area contributed by atoms with Crippen molar-refractivity contribution in [2.45, 2.75) is 136 Å². The first kappa shape index (κ1) is 26.0. The van der Waals surface area contributed by atoms with Crippen LogP contribution in [0.15, 0.2) is 0 Å². The van der Waals surface area contributed by atoms with Crippen molar-refractivity contribution < 1.29 is 4.48 Å². The molecule has 0 aromatic rings. The summed E-state index contributed by atoms with van der Waals surface area (Å²) in [4.78, 5) is 0. The Morgan fingerprint density at radius 2 is 0.615 bits per heavy atom. The first-order valence-corrected chi connectivity index (χ1v) is 12.5. The highest BCUT2D eigenvalue weighted by molar-refractivity contribution is 4.50. The van der Waals surface area contributed by atoms with Crippen LogP contribution in [0.3, 0.4) is 0 Å². The zero-order chi connectivity index (χ0) is 19.3. The number of rotatable bonds is 21. The molecule has 0 aliphatic carbocycles. The van der Waals surface area contributed by atoms with Crippen LogP contribution in [0.4, 0.5) is 0 Å². The Morgan fingerprint density at radius 1 is 0.346 bits per heavy atom. The fourth-order valence-corrected chi connectivity index (χ4v) is 4.13. The van der Waals surface area contributed by atoms with E-state index in [0.717, 1.165) is 0 Å². The van der Waals surface area contributed by atoms with Gasteiger partial charge in [0.2, 0.25) is 0 Å². The summed E-state index contributed by atoms with van der Waals surface area (Å²) < 4.78 is 1.35. The van der Waals surface area contributed by atoms with Crippen LogP contribution in [-0.4, -0.2) is 31.2 Å². The van der Waals surface area contributed by atoms with Gasteiger partial charge in [0.05, 0.1) is 26.7 Å². The van der Waals surface area contributed by atoms with Gasteiger partial charge in [0.25, 0.3) is 0 Å². The number of nitrogens with zero attached hydrogens (tertiary/aromatic N) is 1. The largest absolute Gasteiger partial charge is 0.326 e. The summed E-state index contributed by atoms with van der Waals surface area (Å²) in [6, 6.07) is 0. The molecular weight excluding hydrogens is 314 g/mol. The predicted octanol–water partition coefficient (Wildman–Crippen LogP) is 8.51. The van der Waals surface area contributed by atoms with E-state index in [2.05, 4.69) is 27.8 Å². The van der Waals surface area contributed by atoms with Gasteiger partial charge in [-0.2, -0.15) is 0 Å². The molecule has 0 saturated heterocycles. The van der Waals surface area contributed by atoms with E-state index >= 15 is 0 Å². The lowest BCUT2D eigenvalue weighted by Gasteiger charge is -2.35. The van der Waals surface area contributed by atoms with Crippen molar-refractivity contribution in [3.63, 3.8) is 0 Å². The fourth-order valence-electron chi connectivity index (χ4n) is 4.13. The Hall–Kier alpha value is -0.0400. The quantitative estimate of drug-likeness (QED) is 0.141. The summed E-state index contributed by atoms with van der Waals surface area (Å²) in [5, 5.41) is 0. The summed E-state index contributed by atoms with van der Waals surface area (Å²) in [6.07, 6.45) is 25.9. The SMILES string of the molecule is CCCCCCCCCC[N+](C)(CCCC)CCCCCCCCCC. The van der Waals surface area contributed by atoms with Gasteiger partial charge in [0.1, 0.15) is 0 Å². The van der Waals surface area contributed by atoms with E-state index in [-0.39, 0.29) is 0 Å². The summed E-state index contributed by atoms with van der Waals surface area (Å²) in [7, 11) is 2.54. The van der Waals surface area contributed by atoms with Crippen LogP contribution in [0.25, 0.3) is 0 Å².